The highest BCUT2D eigenvalue weighted by atomic mass is 16.5. The van der Waals surface area contributed by atoms with Crippen molar-refractivity contribution in [2.75, 3.05) is 32.6 Å². The summed E-state index contributed by atoms with van der Waals surface area (Å²) in [6.45, 7) is 3.92. The van der Waals surface area contributed by atoms with Crippen molar-refractivity contribution in [3.05, 3.63) is 29.8 Å². The van der Waals surface area contributed by atoms with E-state index in [4.69, 9.17) is 4.74 Å². The Balaban J connectivity index is 2.09. The third-order valence-electron chi connectivity index (χ3n) is 5.94. The second-order valence-electron chi connectivity index (χ2n) is 7.35. The largest absolute Gasteiger partial charge is 0.468 e. The van der Waals surface area contributed by atoms with Crippen LogP contribution in [0.2, 0.25) is 0 Å². The highest BCUT2D eigenvalue weighted by Crippen LogP contribution is 2.50. The number of anilines is 1. The van der Waals surface area contributed by atoms with E-state index in [2.05, 4.69) is 5.32 Å². The zero-order valence-electron chi connectivity index (χ0n) is 16.5. The zero-order chi connectivity index (χ0) is 19.9. The van der Waals surface area contributed by atoms with E-state index in [1.807, 2.05) is 50.2 Å². The lowest BCUT2D eigenvalue weighted by Gasteiger charge is -2.31. The first-order chi connectivity index (χ1) is 12.8. The molecule has 0 saturated carbocycles. The van der Waals surface area contributed by atoms with Crippen LogP contribution < -0.4 is 10.2 Å². The summed E-state index contributed by atoms with van der Waals surface area (Å²) in [5, 5.41) is 3.32. The van der Waals surface area contributed by atoms with Gasteiger partial charge in [-0.05, 0) is 31.0 Å². The number of hydrogen-bond donors (Lipinski definition) is 1. The molecule has 0 unspecified atom stereocenters. The van der Waals surface area contributed by atoms with Gasteiger partial charge >= 0.3 is 5.97 Å². The molecule has 1 aromatic rings. The molecule has 2 aliphatic rings. The van der Waals surface area contributed by atoms with Crippen LogP contribution in [-0.2, 0) is 19.1 Å². The van der Waals surface area contributed by atoms with E-state index in [1.165, 1.54) is 12.0 Å². The molecule has 2 aliphatic heterocycles. The second-order valence-corrected chi connectivity index (χ2v) is 7.35. The number of carbonyl (C=O) groups excluding carboxylic acids is 3. The molecule has 1 aromatic carbocycles. The monoisotopic (exact) mass is 373 g/mol. The van der Waals surface area contributed by atoms with Crippen LogP contribution in [0.4, 0.5) is 5.69 Å². The summed E-state index contributed by atoms with van der Waals surface area (Å²) >= 11 is 0. The number of amides is 2. The number of likely N-dealkylation sites (tertiary alicyclic amines) is 1. The maximum absolute atomic E-state index is 13.0. The van der Waals surface area contributed by atoms with E-state index in [1.54, 1.807) is 6.92 Å². The van der Waals surface area contributed by atoms with Gasteiger partial charge in [-0.15, -0.1) is 0 Å². The van der Waals surface area contributed by atoms with E-state index in [0.29, 0.717) is 13.0 Å². The van der Waals surface area contributed by atoms with Crippen molar-refractivity contribution in [2.45, 2.75) is 31.8 Å². The Kier molecular flexibility index (Phi) is 4.99. The number of nitrogens with one attached hydrogen (secondary N) is 1. The summed E-state index contributed by atoms with van der Waals surface area (Å²) in [7, 11) is 5.22. The Labute approximate surface area is 159 Å². The third-order valence-corrected chi connectivity index (χ3v) is 5.94. The van der Waals surface area contributed by atoms with E-state index in [9.17, 15) is 14.4 Å². The summed E-state index contributed by atoms with van der Waals surface area (Å²) in [6.07, 6.45) is 0.365. The fourth-order valence-electron chi connectivity index (χ4n) is 4.48. The normalized spacial score (nSPS) is 29.8. The second kappa shape index (κ2) is 6.96. The van der Waals surface area contributed by atoms with Crippen LogP contribution in [0.1, 0.15) is 31.9 Å². The van der Waals surface area contributed by atoms with Crippen LogP contribution in [0, 0.1) is 11.8 Å². The number of rotatable bonds is 5. The number of methoxy groups -OCH3 is 1. The summed E-state index contributed by atoms with van der Waals surface area (Å²) in [6, 6.07) is 7.40. The Hall–Kier alpha value is -2.41. The molecule has 7 nitrogen and oxygen atoms in total. The topological polar surface area (TPSA) is 79.0 Å². The quantitative estimate of drug-likeness (QED) is 0.620. The number of imide groups is 1. The lowest BCUT2D eigenvalue weighted by Crippen LogP contribution is -2.55. The molecule has 1 N–H and O–H groups in total. The van der Waals surface area contributed by atoms with Crippen molar-refractivity contribution in [3.8, 4) is 0 Å². The molecule has 2 amide bonds. The first-order valence-corrected chi connectivity index (χ1v) is 9.31. The maximum atomic E-state index is 13.0. The summed E-state index contributed by atoms with van der Waals surface area (Å²) < 4.78 is 5.03. The van der Waals surface area contributed by atoms with Gasteiger partial charge in [0.05, 0.1) is 18.9 Å². The summed E-state index contributed by atoms with van der Waals surface area (Å²) in [5.41, 5.74) is 0.724. The standard InChI is InChI=1S/C20H27N3O4/c1-6-20(19(26)27-5)15-14(17(24)23(7-2)18(15)25)16(21-20)12-8-10-13(11-9-12)22(3)4/h8-11,14-16,21H,6-7H2,1-5H3/t14-,15-,16-,20+/m0/s1. The van der Waals surface area contributed by atoms with Gasteiger partial charge in [0.2, 0.25) is 11.8 Å². The summed E-state index contributed by atoms with van der Waals surface area (Å²) in [4.78, 5) is 42.0. The molecule has 2 saturated heterocycles. The molecular formula is C20H27N3O4. The van der Waals surface area contributed by atoms with E-state index < -0.39 is 29.4 Å². The number of esters is 1. The minimum atomic E-state index is -1.19. The molecule has 0 radical (unpaired) electrons. The van der Waals surface area contributed by atoms with Gasteiger partial charge < -0.3 is 9.64 Å². The number of carbonyl (C=O) groups is 3. The van der Waals surface area contributed by atoms with Crippen molar-refractivity contribution in [2.24, 2.45) is 11.8 Å². The van der Waals surface area contributed by atoms with Crippen LogP contribution >= 0.6 is 0 Å². The summed E-state index contributed by atoms with van der Waals surface area (Å²) in [5.74, 6) is -2.37. The number of ether oxygens (including phenoxy) is 1. The molecule has 2 fully saturated rings. The van der Waals surface area contributed by atoms with Gasteiger partial charge in [0.15, 0.2) is 0 Å². The number of nitrogens with zero attached hydrogens (tertiary/aromatic N) is 2. The van der Waals surface area contributed by atoms with Gasteiger partial charge in [-0.1, -0.05) is 19.1 Å². The lowest BCUT2D eigenvalue weighted by molar-refractivity contribution is -0.154. The minimum absolute atomic E-state index is 0.221. The third kappa shape index (κ3) is 2.72. The first kappa shape index (κ1) is 19.4. The minimum Gasteiger partial charge on any atom is -0.468 e. The van der Waals surface area contributed by atoms with Gasteiger partial charge in [-0.3, -0.25) is 24.6 Å². The average Bonchev–Trinajstić information content (AvgIpc) is 3.15. The molecule has 4 atom stereocenters. The first-order valence-electron chi connectivity index (χ1n) is 9.31. The Morgan fingerprint density at radius 2 is 1.81 bits per heavy atom. The van der Waals surface area contributed by atoms with Crippen molar-refractivity contribution in [1.82, 2.24) is 10.2 Å². The van der Waals surface area contributed by atoms with Crippen molar-refractivity contribution >= 4 is 23.5 Å². The number of benzene rings is 1. The smallest absolute Gasteiger partial charge is 0.326 e. The maximum Gasteiger partial charge on any atom is 0.326 e. The predicted molar refractivity (Wildman–Crippen MR) is 101 cm³/mol. The zero-order valence-corrected chi connectivity index (χ0v) is 16.5. The van der Waals surface area contributed by atoms with Gasteiger partial charge in [-0.2, -0.15) is 0 Å². The molecule has 0 bridgehead atoms. The van der Waals surface area contributed by atoms with Gasteiger partial charge in [0, 0.05) is 32.4 Å². The molecule has 7 heteroatoms. The van der Waals surface area contributed by atoms with E-state index in [-0.39, 0.29) is 11.8 Å². The van der Waals surface area contributed by atoms with Crippen molar-refractivity contribution in [3.63, 3.8) is 0 Å². The van der Waals surface area contributed by atoms with Crippen LogP contribution in [0.25, 0.3) is 0 Å². The lowest BCUT2D eigenvalue weighted by atomic mass is 9.78. The SMILES string of the molecule is CCN1C(=O)[C@H]2[C@@H](C1=O)[C@](CC)(C(=O)OC)N[C@H]2c1ccc(N(C)C)cc1. The average molecular weight is 373 g/mol. The van der Waals surface area contributed by atoms with Gasteiger partial charge in [-0.25, -0.2) is 0 Å². The molecule has 3 rings (SSSR count). The predicted octanol–water partition coefficient (Wildman–Crippen LogP) is 1.34. The van der Waals surface area contributed by atoms with E-state index >= 15 is 0 Å². The molecule has 0 aliphatic carbocycles. The Bertz CT molecular complexity index is 761. The Morgan fingerprint density at radius 3 is 2.30 bits per heavy atom. The fourth-order valence-corrected chi connectivity index (χ4v) is 4.48. The van der Waals surface area contributed by atoms with Crippen LogP contribution in [0.3, 0.4) is 0 Å². The van der Waals surface area contributed by atoms with Crippen LogP contribution in [-0.4, -0.2) is 56.0 Å². The molecule has 27 heavy (non-hydrogen) atoms. The molecule has 146 valence electrons. The number of fused-ring (bicyclic) bond motifs is 1. The highest BCUT2D eigenvalue weighted by Gasteiger charge is 2.67. The number of hydrogen-bond acceptors (Lipinski definition) is 6. The Morgan fingerprint density at radius 1 is 1.19 bits per heavy atom. The highest BCUT2D eigenvalue weighted by molar-refractivity contribution is 6.09. The molecule has 0 spiro atoms. The molecule has 2 heterocycles. The van der Waals surface area contributed by atoms with Crippen LogP contribution in [0.5, 0.6) is 0 Å². The molecule has 0 aromatic heterocycles. The van der Waals surface area contributed by atoms with Crippen molar-refractivity contribution < 1.29 is 19.1 Å². The van der Waals surface area contributed by atoms with Gasteiger partial charge in [0.1, 0.15) is 5.54 Å². The molecular weight excluding hydrogens is 346 g/mol. The van der Waals surface area contributed by atoms with Crippen molar-refractivity contribution in [1.29, 1.82) is 0 Å². The van der Waals surface area contributed by atoms with Gasteiger partial charge in [0.25, 0.3) is 0 Å². The van der Waals surface area contributed by atoms with Crippen LogP contribution in [0.15, 0.2) is 24.3 Å². The fraction of sp³-hybridized carbons (Fsp3) is 0.550. The van der Waals surface area contributed by atoms with E-state index in [0.717, 1.165) is 11.3 Å².